The lowest BCUT2D eigenvalue weighted by Gasteiger charge is -2.22. The molecule has 1 heterocycles. The Bertz CT molecular complexity index is 376. The second-order valence-corrected chi connectivity index (χ2v) is 5.42. The Morgan fingerprint density at radius 2 is 2.18 bits per heavy atom. The molecule has 96 valence electrons. The number of nitrogens with one attached hydrogen (secondary N) is 1. The van der Waals surface area contributed by atoms with Gasteiger partial charge in [-0.15, -0.1) is 11.3 Å². The van der Waals surface area contributed by atoms with Crippen molar-refractivity contribution in [2.75, 3.05) is 13.6 Å². The topological polar surface area (TPSA) is 45.2 Å². The molecule has 0 aromatic carbocycles. The first kappa shape index (κ1) is 14.1. The van der Waals surface area contributed by atoms with Crippen molar-refractivity contribution in [3.63, 3.8) is 0 Å². The highest BCUT2D eigenvalue weighted by Crippen LogP contribution is 2.16. The first-order valence-electron chi connectivity index (χ1n) is 5.83. The van der Waals surface area contributed by atoms with Crippen LogP contribution in [0.2, 0.25) is 0 Å². The van der Waals surface area contributed by atoms with Gasteiger partial charge in [-0.2, -0.15) is 0 Å². The number of amides is 1. The zero-order chi connectivity index (χ0) is 13.0. The van der Waals surface area contributed by atoms with Crippen molar-refractivity contribution in [1.82, 2.24) is 15.2 Å². The summed E-state index contributed by atoms with van der Waals surface area (Å²) < 4.78 is 0. The van der Waals surface area contributed by atoms with E-state index in [-0.39, 0.29) is 18.0 Å². The number of nitrogens with zero attached hydrogens (tertiary/aromatic N) is 2. The Morgan fingerprint density at radius 3 is 2.65 bits per heavy atom. The van der Waals surface area contributed by atoms with Crippen LogP contribution in [0.4, 0.5) is 0 Å². The summed E-state index contributed by atoms with van der Waals surface area (Å²) in [6, 6.07) is 0.361. The van der Waals surface area contributed by atoms with Crippen LogP contribution >= 0.6 is 11.3 Å². The van der Waals surface area contributed by atoms with Gasteiger partial charge in [-0.05, 0) is 27.7 Å². The highest BCUT2D eigenvalue weighted by molar-refractivity contribution is 7.09. The molecule has 0 aliphatic rings. The van der Waals surface area contributed by atoms with Gasteiger partial charge < -0.3 is 4.90 Å². The van der Waals surface area contributed by atoms with E-state index in [0.29, 0.717) is 6.54 Å². The molecule has 4 nitrogen and oxygen atoms in total. The SMILES string of the molecule is Cc1csc(C(C)NCC(=O)N(C)C(C)C)n1. The lowest BCUT2D eigenvalue weighted by molar-refractivity contribution is -0.130. The molecule has 0 bridgehead atoms. The highest BCUT2D eigenvalue weighted by Gasteiger charge is 2.14. The quantitative estimate of drug-likeness (QED) is 0.875. The highest BCUT2D eigenvalue weighted by atomic mass is 32.1. The van der Waals surface area contributed by atoms with Gasteiger partial charge in [-0.1, -0.05) is 0 Å². The Balaban J connectivity index is 2.43. The minimum atomic E-state index is 0.111. The third-order valence-corrected chi connectivity index (χ3v) is 3.88. The lowest BCUT2D eigenvalue weighted by Crippen LogP contribution is -2.40. The average Bonchev–Trinajstić information content (AvgIpc) is 2.71. The maximum atomic E-state index is 11.8. The summed E-state index contributed by atoms with van der Waals surface area (Å²) in [4.78, 5) is 17.9. The predicted molar refractivity (Wildman–Crippen MR) is 71.2 cm³/mol. The Labute approximate surface area is 107 Å². The molecule has 0 aliphatic carbocycles. The first-order valence-corrected chi connectivity index (χ1v) is 6.71. The van der Waals surface area contributed by atoms with Crippen LogP contribution in [0.3, 0.4) is 0 Å². The van der Waals surface area contributed by atoms with Gasteiger partial charge in [-0.3, -0.25) is 10.1 Å². The van der Waals surface area contributed by atoms with Gasteiger partial charge in [0.1, 0.15) is 5.01 Å². The van der Waals surface area contributed by atoms with E-state index < -0.39 is 0 Å². The van der Waals surface area contributed by atoms with Gasteiger partial charge >= 0.3 is 0 Å². The largest absolute Gasteiger partial charge is 0.342 e. The summed E-state index contributed by atoms with van der Waals surface area (Å²) in [6.07, 6.45) is 0. The van der Waals surface area contributed by atoms with E-state index in [2.05, 4.69) is 10.3 Å². The van der Waals surface area contributed by atoms with E-state index in [0.717, 1.165) is 10.7 Å². The number of carbonyl (C=O) groups is 1. The first-order chi connectivity index (χ1) is 7.91. The van der Waals surface area contributed by atoms with E-state index in [1.165, 1.54) is 0 Å². The fourth-order valence-electron chi connectivity index (χ4n) is 1.31. The predicted octanol–water partition coefficient (Wildman–Crippen LogP) is 1.97. The van der Waals surface area contributed by atoms with E-state index in [9.17, 15) is 4.79 Å². The number of hydrogen-bond acceptors (Lipinski definition) is 4. The molecular formula is C12H21N3OS. The smallest absolute Gasteiger partial charge is 0.236 e. The summed E-state index contributed by atoms with van der Waals surface area (Å²) >= 11 is 1.63. The summed E-state index contributed by atoms with van der Waals surface area (Å²) in [5.41, 5.74) is 1.03. The van der Waals surface area contributed by atoms with Crippen LogP contribution < -0.4 is 5.32 Å². The molecule has 0 saturated carbocycles. The molecule has 0 spiro atoms. The zero-order valence-electron chi connectivity index (χ0n) is 11.2. The van der Waals surface area contributed by atoms with Gasteiger partial charge in [0, 0.05) is 24.2 Å². The van der Waals surface area contributed by atoms with Crippen LogP contribution in [0.1, 0.15) is 37.5 Å². The molecule has 0 radical (unpaired) electrons. The minimum Gasteiger partial charge on any atom is -0.342 e. The summed E-state index contributed by atoms with van der Waals surface area (Å²) in [7, 11) is 1.83. The molecule has 1 aromatic rings. The second-order valence-electron chi connectivity index (χ2n) is 4.53. The van der Waals surface area contributed by atoms with E-state index in [4.69, 9.17) is 0 Å². The van der Waals surface area contributed by atoms with Crippen LogP contribution in [-0.2, 0) is 4.79 Å². The van der Waals surface area contributed by atoms with Gasteiger partial charge in [0.25, 0.3) is 0 Å². The van der Waals surface area contributed by atoms with Crippen LogP contribution in [0.25, 0.3) is 0 Å². The molecule has 1 rings (SSSR count). The van der Waals surface area contributed by atoms with Crippen LogP contribution in [0.15, 0.2) is 5.38 Å². The zero-order valence-corrected chi connectivity index (χ0v) is 12.0. The van der Waals surface area contributed by atoms with Gasteiger partial charge in [-0.25, -0.2) is 4.98 Å². The van der Waals surface area contributed by atoms with Crippen molar-refractivity contribution in [1.29, 1.82) is 0 Å². The van der Waals surface area contributed by atoms with Crippen molar-refractivity contribution in [2.24, 2.45) is 0 Å². The standard InChI is InChI=1S/C12H21N3OS/c1-8(2)15(5)11(16)6-13-10(4)12-14-9(3)7-17-12/h7-8,10,13H,6H2,1-5H3. The normalized spacial score (nSPS) is 12.8. The van der Waals surface area contributed by atoms with Crippen LogP contribution in [0.5, 0.6) is 0 Å². The Hall–Kier alpha value is -0.940. The molecule has 1 atom stereocenters. The monoisotopic (exact) mass is 255 g/mol. The van der Waals surface area contributed by atoms with Crippen molar-refractivity contribution in [3.8, 4) is 0 Å². The lowest BCUT2D eigenvalue weighted by atomic mass is 10.3. The number of hydrogen-bond donors (Lipinski definition) is 1. The Morgan fingerprint density at radius 1 is 1.53 bits per heavy atom. The second kappa shape index (κ2) is 6.12. The molecular weight excluding hydrogens is 234 g/mol. The molecule has 1 N–H and O–H groups in total. The van der Waals surface area contributed by atoms with Gasteiger partial charge in [0.05, 0.1) is 12.6 Å². The molecule has 1 aromatic heterocycles. The number of thiazole rings is 1. The van der Waals surface area contributed by atoms with E-state index in [1.54, 1.807) is 16.2 Å². The van der Waals surface area contributed by atoms with Gasteiger partial charge in [0.2, 0.25) is 5.91 Å². The number of likely N-dealkylation sites (N-methyl/N-ethyl adjacent to an activating group) is 1. The molecule has 17 heavy (non-hydrogen) atoms. The molecule has 0 saturated heterocycles. The third-order valence-electron chi connectivity index (χ3n) is 2.73. The fraction of sp³-hybridized carbons (Fsp3) is 0.667. The fourth-order valence-corrected chi connectivity index (χ4v) is 2.14. The Kier molecular flexibility index (Phi) is 5.08. The number of aryl methyl sites for hydroxylation is 1. The molecule has 0 fully saturated rings. The third kappa shape index (κ3) is 4.09. The number of carbonyl (C=O) groups excluding carboxylic acids is 1. The van der Waals surface area contributed by atoms with Gasteiger partial charge in [0.15, 0.2) is 0 Å². The summed E-state index contributed by atoms with van der Waals surface area (Å²) in [5.74, 6) is 0.111. The van der Waals surface area contributed by atoms with Crippen LogP contribution in [0, 0.1) is 6.92 Å². The minimum absolute atomic E-state index is 0.111. The van der Waals surface area contributed by atoms with Crippen molar-refractivity contribution >= 4 is 17.2 Å². The van der Waals surface area contributed by atoms with Crippen LogP contribution in [-0.4, -0.2) is 35.4 Å². The maximum absolute atomic E-state index is 11.8. The van der Waals surface area contributed by atoms with Crippen molar-refractivity contribution in [3.05, 3.63) is 16.1 Å². The summed E-state index contributed by atoms with van der Waals surface area (Å²) in [5, 5.41) is 6.26. The summed E-state index contributed by atoms with van der Waals surface area (Å²) in [6.45, 7) is 8.37. The van der Waals surface area contributed by atoms with E-state index >= 15 is 0 Å². The number of aromatic nitrogens is 1. The van der Waals surface area contributed by atoms with Crippen molar-refractivity contribution in [2.45, 2.75) is 39.8 Å². The van der Waals surface area contributed by atoms with E-state index in [1.807, 2.05) is 40.1 Å². The molecule has 5 heteroatoms. The van der Waals surface area contributed by atoms with Crippen molar-refractivity contribution < 1.29 is 4.79 Å². The number of rotatable bonds is 5. The maximum Gasteiger partial charge on any atom is 0.236 e. The molecule has 0 aliphatic heterocycles. The average molecular weight is 255 g/mol. The molecule has 1 unspecified atom stereocenters. The molecule has 1 amide bonds.